The number of para-hydroxylation sites is 1. The number of hydrogen-bond donors (Lipinski definition) is 1. The lowest BCUT2D eigenvalue weighted by Gasteiger charge is -2.15. The molecule has 0 fully saturated rings. The third-order valence-electron chi connectivity index (χ3n) is 4.06. The van der Waals surface area contributed by atoms with Crippen LogP contribution < -0.4 is 4.90 Å². The summed E-state index contributed by atoms with van der Waals surface area (Å²) in [6, 6.07) is 8.83. The number of aliphatic carboxylic acids is 1. The summed E-state index contributed by atoms with van der Waals surface area (Å²) in [6.45, 7) is 4.00. The van der Waals surface area contributed by atoms with Crippen molar-refractivity contribution in [1.82, 2.24) is 0 Å². The van der Waals surface area contributed by atoms with Gasteiger partial charge in [0.05, 0.1) is 0 Å². The van der Waals surface area contributed by atoms with Crippen LogP contribution in [0.1, 0.15) is 40.3 Å². The van der Waals surface area contributed by atoms with Crippen molar-refractivity contribution in [3.63, 3.8) is 0 Å². The Kier molecular flexibility index (Phi) is 3.48. The molecule has 0 radical (unpaired) electrons. The molecule has 5 heteroatoms. The number of fused-ring (bicyclic) bond motifs is 1. The van der Waals surface area contributed by atoms with Gasteiger partial charge in [0.15, 0.2) is 5.76 Å². The van der Waals surface area contributed by atoms with Crippen LogP contribution in [0.4, 0.5) is 5.69 Å². The number of carbonyl (C=O) groups is 2. The van der Waals surface area contributed by atoms with Crippen molar-refractivity contribution in [3.05, 3.63) is 53.0 Å². The van der Waals surface area contributed by atoms with Crippen molar-refractivity contribution in [3.8, 4) is 0 Å². The van der Waals surface area contributed by atoms with Crippen molar-refractivity contribution in [2.24, 2.45) is 0 Å². The Morgan fingerprint density at radius 2 is 2.09 bits per heavy atom. The van der Waals surface area contributed by atoms with E-state index in [1.807, 2.05) is 13.8 Å². The molecule has 2 heterocycles. The zero-order chi connectivity index (χ0) is 15.9. The fraction of sp³-hybridized carbons (Fsp3) is 0.294. The molecule has 0 spiro atoms. The molecule has 0 aliphatic carbocycles. The van der Waals surface area contributed by atoms with Crippen LogP contribution in [0.25, 0.3) is 0 Å². The number of hydrogen-bond acceptors (Lipinski definition) is 3. The summed E-state index contributed by atoms with van der Waals surface area (Å²) in [7, 11) is 0. The third-order valence-corrected chi connectivity index (χ3v) is 4.06. The van der Waals surface area contributed by atoms with Crippen LogP contribution in [0, 0.1) is 6.92 Å². The first-order chi connectivity index (χ1) is 10.5. The van der Waals surface area contributed by atoms with Gasteiger partial charge in [-0.2, -0.15) is 0 Å². The van der Waals surface area contributed by atoms with Crippen LogP contribution in [0.3, 0.4) is 0 Å². The molecule has 0 saturated heterocycles. The van der Waals surface area contributed by atoms with E-state index in [0.717, 1.165) is 11.3 Å². The van der Waals surface area contributed by atoms with Crippen LogP contribution in [0.2, 0.25) is 0 Å². The Morgan fingerprint density at radius 3 is 2.73 bits per heavy atom. The Bertz CT molecular complexity index is 747. The van der Waals surface area contributed by atoms with E-state index in [1.165, 1.54) is 4.90 Å². The first-order valence-corrected chi connectivity index (χ1v) is 7.25. The second-order valence-corrected chi connectivity index (χ2v) is 5.44. The van der Waals surface area contributed by atoms with Crippen molar-refractivity contribution in [1.29, 1.82) is 0 Å². The monoisotopic (exact) mass is 299 g/mol. The zero-order valence-electron chi connectivity index (χ0n) is 12.5. The third kappa shape index (κ3) is 2.19. The van der Waals surface area contributed by atoms with Crippen LogP contribution in [0.15, 0.2) is 34.7 Å². The van der Waals surface area contributed by atoms with Gasteiger partial charge in [0.25, 0.3) is 5.91 Å². The van der Waals surface area contributed by atoms with Gasteiger partial charge in [-0.05, 0) is 30.2 Å². The lowest BCUT2D eigenvalue weighted by molar-refractivity contribution is -0.138. The first-order valence-electron chi connectivity index (χ1n) is 7.25. The van der Waals surface area contributed by atoms with E-state index in [0.29, 0.717) is 17.7 Å². The number of carboxylic acids is 1. The van der Waals surface area contributed by atoms with E-state index in [4.69, 9.17) is 4.42 Å². The predicted molar refractivity (Wildman–Crippen MR) is 81.3 cm³/mol. The minimum atomic E-state index is -0.923. The molecule has 114 valence electrons. The molecule has 1 N–H and O–H groups in total. The molecule has 1 aliphatic heterocycles. The van der Waals surface area contributed by atoms with Crippen LogP contribution in [-0.4, -0.2) is 23.5 Å². The van der Waals surface area contributed by atoms with E-state index in [-0.39, 0.29) is 18.2 Å². The standard InChI is InChI=1S/C17H17NO4/c1-3-14-10(2)8-15(22-14)16(19)18-9-12(17(20)21)11-6-4-5-7-13(11)18/h4-8,12H,3,9H2,1-2H3,(H,20,21). The molecule has 1 aromatic carbocycles. The molecular formula is C17H17NO4. The molecule has 1 unspecified atom stereocenters. The van der Waals surface area contributed by atoms with Crippen molar-refractivity contribution >= 4 is 17.6 Å². The molecular weight excluding hydrogens is 282 g/mol. The number of rotatable bonds is 3. The topological polar surface area (TPSA) is 70.8 Å². The van der Waals surface area contributed by atoms with Crippen LogP contribution in [-0.2, 0) is 11.2 Å². The minimum absolute atomic E-state index is 0.134. The van der Waals surface area contributed by atoms with Crippen LogP contribution in [0.5, 0.6) is 0 Å². The quantitative estimate of drug-likeness (QED) is 0.945. The normalized spacial score (nSPS) is 16.6. The highest BCUT2D eigenvalue weighted by atomic mass is 16.4. The maximum absolute atomic E-state index is 12.7. The summed E-state index contributed by atoms with van der Waals surface area (Å²) in [5.41, 5.74) is 2.25. The van der Waals surface area contributed by atoms with Gasteiger partial charge in [0.1, 0.15) is 11.7 Å². The number of nitrogens with zero attached hydrogens (tertiary/aromatic N) is 1. The van der Waals surface area contributed by atoms with Gasteiger partial charge in [0.2, 0.25) is 0 Å². The SMILES string of the molecule is CCc1oc(C(=O)N2CC(C(=O)O)c3ccccc32)cc1C. The largest absolute Gasteiger partial charge is 0.481 e. The lowest BCUT2D eigenvalue weighted by Crippen LogP contribution is -2.30. The Balaban J connectivity index is 1.98. The molecule has 2 aromatic rings. The number of benzene rings is 1. The number of furan rings is 1. The molecule has 1 atom stereocenters. The van der Waals surface area contributed by atoms with Gasteiger partial charge < -0.3 is 14.4 Å². The molecule has 0 bridgehead atoms. The average Bonchev–Trinajstić information content (AvgIpc) is 3.07. The van der Waals surface area contributed by atoms with E-state index >= 15 is 0 Å². The van der Waals surface area contributed by atoms with Gasteiger partial charge >= 0.3 is 5.97 Å². The summed E-state index contributed by atoms with van der Waals surface area (Å²) in [6.07, 6.45) is 0.716. The number of amides is 1. The maximum atomic E-state index is 12.7. The van der Waals surface area contributed by atoms with E-state index < -0.39 is 11.9 Å². The summed E-state index contributed by atoms with van der Waals surface area (Å²) in [5.74, 6) is -0.866. The fourth-order valence-corrected chi connectivity index (χ4v) is 2.92. The first kappa shape index (κ1) is 14.4. The number of anilines is 1. The highest BCUT2D eigenvalue weighted by Crippen LogP contribution is 2.37. The molecule has 22 heavy (non-hydrogen) atoms. The maximum Gasteiger partial charge on any atom is 0.312 e. The van der Waals surface area contributed by atoms with E-state index in [2.05, 4.69) is 0 Å². The average molecular weight is 299 g/mol. The minimum Gasteiger partial charge on any atom is -0.481 e. The molecule has 1 aromatic heterocycles. The van der Waals surface area contributed by atoms with E-state index in [9.17, 15) is 14.7 Å². The van der Waals surface area contributed by atoms with E-state index in [1.54, 1.807) is 30.3 Å². The highest BCUT2D eigenvalue weighted by Gasteiger charge is 2.37. The Hall–Kier alpha value is -2.56. The summed E-state index contributed by atoms with van der Waals surface area (Å²) >= 11 is 0. The van der Waals surface area contributed by atoms with Gasteiger partial charge in [-0.3, -0.25) is 9.59 Å². The second-order valence-electron chi connectivity index (χ2n) is 5.44. The van der Waals surface area contributed by atoms with Crippen molar-refractivity contribution in [2.45, 2.75) is 26.2 Å². The molecule has 3 rings (SSSR count). The Labute approximate surface area is 128 Å². The van der Waals surface area contributed by atoms with Crippen LogP contribution >= 0.6 is 0 Å². The Morgan fingerprint density at radius 1 is 1.36 bits per heavy atom. The fourth-order valence-electron chi connectivity index (χ4n) is 2.92. The number of carbonyl (C=O) groups excluding carboxylic acids is 1. The summed E-state index contributed by atoms with van der Waals surface area (Å²) in [4.78, 5) is 25.6. The zero-order valence-corrected chi connectivity index (χ0v) is 12.5. The smallest absolute Gasteiger partial charge is 0.312 e. The predicted octanol–water partition coefficient (Wildman–Crippen LogP) is 2.98. The number of carboxylic acid groups (broad SMARTS) is 1. The molecule has 1 amide bonds. The van der Waals surface area contributed by atoms with Gasteiger partial charge in [-0.25, -0.2) is 0 Å². The van der Waals surface area contributed by atoms with Gasteiger partial charge in [0, 0.05) is 18.7 Å². The van der Waals surface area contributed by atoms with Gasteiger partial charge in [-0.1, -0.05) is 25.1 Å². The molecule has 5 nitrogen and oxygen atoms in total. The molecule has 0 saturated carbocycles. The van der Waals surface area contributed by atoms with Crippen molar-refractivity contribution in [2.75, 3.05) is 11.4 Å². The van der Waals surface area contributed by atoms with Crippen molar-refractivity contribution < 1.29 is 19.1 Å². The second kappa shape index (κ2) is 5.33. The summed E-state index contributed by atoms with van der Waals surface area (Å²) < 4.78 is 5.61. The lowest BCUT2D eigenvalue weighted by atomic mass is 10.0. The highest BCUT2D eigenvalue weighted by molar-refractivity contribution is 6.07. The van der Waals surface area contributed by atoms with Gasteiger partial charge in [-0.15, -0.1) is 0 Å². The number of aryl methyl sites for hydroxylation is 2. The summed E-state index contributed by atoms with van der Waals surface area (Å²) in [5, 5.41) is 9.36. The molecule has 1 aliphatic rings.